The first-order valence-corrected chi connectivity index (χ1v) is 8.95. The maximum Gasteiger partial charge on any atom is 0.260 e. The van der Waals surface area contributed by atoms with Crippen LogP contribution in [0.3, 0.4) is 0 Å². The van der Waals surface area contributed by atoms with Gasteiger partial charge < -0.3 is 19.1 Å². The maximum atomic E-state index is 12.7. The largest absolute Gasteiger partial charge is 0.484 e. The van der Waals surface area contributed by atoms with Gasteiger partial charge in [-0.3, -0.25) is 4.79 Å². The molecule has 2 aliphatic heterocycles. The van der Waals surface area contributed by atoms with Gasteiger partial charge in [-0.05, 0) is 42.2 Å². The molecule has 2 aromatic rings. The van der Waals surface area contributed by atoms with Gasteiger partial charge in [0.05, 0.1) is 19.3 Å². The average molecular weight is 341 g/mol. The molecule has 25 heavy (non-hydrogen) atoms. The number of amides is 1. The van der Waals surface area contributed by atoms with Gasteiger partial charge in [-0.15, -0.1) is 0 Å². The number of nitrogens with zero attached hydrogens (tertiary/aromatic N) is 1. The van der Waals surface area contributed by atoms with E-state index in [-0.39, 0.29) is 24.8 Å². The normalized spacial score (nSPS) is 21.6. The molecule has 1 amide bonds. The molecule has 2 aromatic carbocycles. The Morgan fingerprint density at radius 2 is 1.88 bits per heavy atom. The Kier molecular flexibility index (Phi) is 4.85. The summed E-state index contributed by atoms with van der Waals surface area (Å²) < 4.78 is 17.0. The molecule has 4 rings (SSSR count). The van der Waals surface area contributed by atoms with Crippen molar-refractivity contribution in [3.05, 3.63) is 42.5 Å². The van der Waals surface area contributed by atoms with E-state index in [4.69, 9.17) is 14.2 Å². The smallest absolute Gasteiger partial charge is 0.260 e. The van der Waals surface area contributed by atoms with Gasteiger partial charge in [0.15, 0.2) is 12.9 Å². The van der Waals surface area contributed by atoms with Crippen molar-refractivity contribution in [2.24, 2.45) is 0 Å². The van der Waals surface area contributed by atoms with Crippen LogP contribution in [0.15, 0.2) is 42.5 Å². The van der Waals surface area contributed by atoms with E-state index >= 15 is 0 Å². The van der Waals surface area contributed by atoms with Crippen molar-refractivity contribution >= 4 is 16.7 Å². The number of carbonyl (C=O) groups excluding carboxylic acids is 1. The molecule has 0 spiro atoms. The monoisotopic (exact) mass is 341 g/mol. The van der Waals surface area contributed by atoms with Gasteiger partial charge in [-0.1, -0.05) is 30.3 Å². The predicted molar refractivity (Wildman–Crippen MR) is 94.5 cm³/mol. The zero-order valence-electron chi connectivity index (χ0n) is 14.2. The Hall–Kier alpha value is -2.11. The summed E-state index contributed by atoms with van der Waals surface area (Å²) in [6.07, 6.45) is 2.76. The van der Waals surface area contributed by atoms with Crippen LogP contribution in [0.25, 0.3) is 10.8 Å². The first-order valence-electron chi connectivity index (χ1n) is 8.95. The Balaban J connectivity index is 1.41. The molecule has 2 heterocycles. The van der Waals surface area contributed by atoms with Gasteiger partial charge in [-0.25, -0.2) is 0 Å². The lowest BCUT2D eigenvalue weighted by atomic mass is 10.0. The van der Waals surface area contributed by atoms with Crippen LogP contribution in [0.2, 0.25) is 0 Å². The molecule has 0 radical (unpaired) electrons. The van der Waals surface area contributed by atoms with Crippen molar-refractivity contribution < 1.29 is 19.0 Å². The lowest BCUT2D eigenvalue weighted by molar-refractivity contribution is -0.152. The summed E-state index contributed by atoms with van der Waals surface area (Å²) >= 11 is 0. The van der Waals surface area contributed by atoms with Crippen LogP contribution >= 0.6 is 0 Å². The number of likely N-dealkylation sites (tertiary alicyclic amines) is 1. The quantitative estimate of drug-likeness (QED) is 0.858. The van der Waals surface area contributed by atoms with Crippen molar-refractivity contribution in [1.82, 2.24) is 4.90 Å². The molecule has 2 aliphatic rings. The number of benzene rings is 2. The SMILES string of the molecule is O=C(COc1ccc2ccccc2c1)N1CCCC[C@H]1C1OCCO1. The fourth-order valence-electron chi connectivity index (χ4n) is 3.63. The van der Waals surface area contributed by atoms with Gasteiger partial charge in [0.1, 0.15) is 5.75 Å². The highest BCUT2D eigenvalue weighted by molar-refractivity contribution is 5.84. The molecule has 5 nitrogen and oxygen atoms in total. The average Bonchev–Trinajstić information content (AvgIpc) is 3.20. The number of rotatable bonds is 4. The van der Waals surface area contributed by atoms with E-state index in [1.54, 1.807) is 0 Å². The molecule has 0 bridgehead atoms. The molecule has 0 saturated carbocycles. The Morgan fingerprint density at radius 3 is 2.72 bits per heavy atom. The predicted octanol–water partition coefficient (Wildman–Crippen LogP) is 2.97. The standard InChI is InChI=1S/C20H23NO4/c22-19(21-10-4-3-7-18(21)20-23-11-12-24-20)14-25-17-9-8-15-5-1-2-6-16(15)13-17/h1-2,5-6,8-9,13,18,20H,3-4,7,10-12,14H2/t18-/m0/s1. The van der Waals surface area contributed by atoms with E-state index in [0.29, 0.717) is 19.0 Å². The van der Waals surface area contributed by atoms with Gasteiger partial charge in [-0.2, -0.15) is 0 Å². The van der Waals surface area contributed by atoms with Gasteiger partial charge in [0, 0.05) is 6.54 Å². The molecule has 0 N–H and O–H groups in total. The lowest BCUT2D eigenvalue weighted by Crippen LogP contribution is -2.51. The zero-order chi connectivity index (χ0) is 17.1. The van der Waals surface area contributed by atoms with Crippen LogP contribution in [0.5, 0.6) is 5.75 Å². The fourth-order valence-corrected chi connectivity index (χ4v) is 3.63. The Bertz CT molecular complexity index is 741. The summed E-state index contributed by atoms with van der Waals surface area (Å²) in [6, 6.07) is 14.0. The minimum atomic E-state index is -0.287. The zero-order valence-corrected chi connectivity index (χ0v) is 14.2. The second-order valence-electron chi connectivity index (χ2n) is 6.56. The molecule has 132 valence electrons. The first-order chi connectivity index (χ1) is 12.3. The summed E-state index contributed by atoms with van der Waals surface area (Å²) in [5.74, 6) is 0.714. The highest BCUT2D eigenvalue weighted by atomic mass is 16.7. The fraction of sp³-hybridized carbons (Fsp3) is 0.450. The summed E-state index contributed by atoms with van der Waals surface area (Å²) in [5.41, 5.74) is 0. The molecule has 5 heteroatoms. The summed E-state index contributed by atoms with van der Waals surface area (Å²) in [7, 11) is 0. The molecule has 0 aliphatic carbocycles. The lowest BCUT2D eigenvalue weighted by Gasteiger charge is -2.37. The summed E-state index contributed by atoms with van der Waals surface area (Å²) in [5, 5.41) is 2.27. The van der Waals surface area contributed by atoms with Crippen LogP contribution in [-0.4, -0.2) is 49.5 Å². The Morgan fingerprint density at radius 1 is 1.08 bits per heavy atom. The van der Waals surface area contributed by atoms with Gasteiger partial charge >= 0.3 is 0 Å². The second-order valence-corrected chi connectivity index (χ2v) is 6.56. The van der Waals surface area contributed by atoms with E-state index in [0.717, 1.165) is 36.6 Å². The highest BCUT2D eigenvalue weighted by Crippen LogP contribution is 2.25. The van der Waals surface area contributed by atoms with Crippen molar-refractivity contribution in [3.63, 3.8) is 0 Å². The van der Waals surface area contributed by atoms with E-state index < -0.39 is 0 Å². The summed E-state index contributed by atoms with van der Waals surface area (Å²) in [4.78, 5) is 14.6. The van der Waals surface area contributed by atoms with Crippen LogP contribution in [0.4, 0.5) is 0 Å². The summed E-state index contributed by atoms with van der Waals surface area (Å²) in [6.45, 7) is 2.00. The first kappa shape index (κ1) is 16.4. The molecule has 0 unspecified atom stereocenters. The maximum absolute atomic E-state index is 12.7. The van der Waals surface area contributed by atoms with Gasteiger partial charge in [0.25, 0.3) is 5.91 Å². The Labute approximate surface area is 147 Å². The van der Waals surface area contributed by atoms with Crippen LogP contribution in [-0.2, 0) is 14.3 Å². The number of hydrogen-bond donors (Lipinski definition) is 0. The van der Waals surface area contributed by atoms with Crippen molar-refractivity contribution in [1.29, 1.82) is 0 Å². The third-order valence-corrected chi connectivity index (χ3v) is 4.91. The second kappa shape index (κ2) is 7.42. The number of ether oxygens (including phenoxy) is 3. The topological polar surface area (TPSA) is 48.0 Å². The van der Waals surface area contributed by atoms with E-state index in [1.807, 2.05) is 41.3 Å². The third-order valence-electron chi connectivity index (χ3n) is 4.91. The van der Waals surface area contributed by atoms with Crippen molar-refractivity contribution in [2.75, 3.05) is 26.4 Å². The molecule has 2 fully saturated rings. The highest BCUT2D eigenvalue weighted by Gasteiger charge is 2.36. The molecular weight excluding hydrogens is 318 g/mol. The van der Waals surface area contributed by atoms with Crippen LogP contribution in [0.1, 0.15) is 19.3 Å². The molecule has 0 aromatic heterocycles. The minimum absolute atomic E-state index is 0.00282. The van der Waals surface area contributed by atoms with Gasteiger partial charge in [0.2, 0.25) is 0 Å². The number of carbonyl (C=O) groups is 1. The van der Waals surface area contributed by atoms with Crippen molar-refractivity contribution in [3.8, 4) is 5.75 Å². The van der Waals surface area contributed by atoms with E-state index in [1.165, 1.54) is 0 Å². The van der Waals surface area contributed by atoms with E-state index in [9.17, 15) is 4.79 Å². The van der Waals surface area contributed by atoms with Crippen LogP contribution in [0, 0.1) is 0 Å². The van der Waals surface area contributed by atoms with E-state index in [2.05, 4.69) is 6.07 Å². The number of fused-ring (bicyclic) bond motifs is 1. The molecule has 2 saturated heterocycles. The third kappa shape index (κ3) is 3.62. The molecule has 1 atom stereocenters. The van der Waals surface area contributed by atoms with Crippen molar-refractivity contribution in [2.45, 2.75) is 31.6 Å². The number of hydrogen-bond acceptors (Lipinski definition) is 4. The molecular formula is C20H23NO4. The van der Waals surface area contributed by atoms with Crippen LogP contribution < -0.4 is 4.74 Å². The minimum Gasteiger partial charge on any atom is -0.484 e. The number of piperidine rings is 1.